The highest BCUT2D eigenvalue weighted by Gasteiger charge is 2.07. The number of nitrogens with zero attached hydrogens (tertiary/aromatic N) is 1. The van der Waals surface area contributed by atoms with Gasteiger partial charge in [-0.25, -0.2) is 8.78 Å². The van der Waals surface area contributed by atoms with Crippen LogP contribution in [-0.2, 0) is 0 Å². The van der Waals surface area contributed by atoms with Crippen LogP contribution in [0, 0.1) is 11.6 Å². The average Bonchev–Trinajstić information content (AvgIpc) is 2.36. The molecule has 96 valence electrons. The Kier molecular flexibility index (Phi) is 5.38. The SMILES string of the molecule is C=CCNC(=S)N/N=C(/C)c1cc(F)ccc1F. The van der Waals surface area contributed by atoms with Gasteiger partial charge in [0.05, 0.1) is 5.71 Å². The minimum absolute atomic E-state index is 0.0917. The summed E-state index contributed by atoms with van der Waals surface area (Å²) in [6.07, 6.45) is 1.64. The molecule has 1 aromatic carbocycles. The Morgan fingerprint density at radius 3 is 2.89 bits per heavy atom. The predicted molar refractivity (Wildman–Crippen MR) is 72.5 cm³/mol. The van der Waals surface area contributed by atoms with E-state index in [4.69, 9.17) is 12.2 Å². The van der Waals surface area contributed by atoms with Crippen molar-refractivity contribution in [3.63, 3.8) is 0 Å². The Labute approximate surface area is 110 Å². The number of benzene rings is 1. The van der Waals surface area contributed by atoms with Crippen molar-refractivity contribution in [1.82, 2.24) is 10.7 Å². The zero-order valence-corrected chi connectivity index (χ0v) is 10.7. The van der Waals surface area contributed by atoms with Gasteiger partial charge in [-0.3, -0.25) is 5.43 Å². The van der Waals surface area contributed by atoms with Gasteiger partial charge in [-0.2, -0.15) is 5.10 Å². The quantitative estimate of drug-likeness (QED) is 0.381. The molecule has 0 aliphatic carbocycles. The third-order valence-corrected chi connectivity index (χ3v) is 2.29. The highest BCUT2D eigenvalue weighted by atomic mass is 32.1. The summed E-state index contributed by atoms with van der Waals surface area (Å²) in [5.41, 5.74) is 2.93. The first-order chi connectivity index (χ1) is 8.54. The first kappa shape index (κ1) is 14.2. The van der Waals surface area contributed by atoms with Crippen LogP contribution in [-0.4, -0.2) is 17.4 Å². The summed E-state index contributed by atoms with van der Waals surface area (Å²) >= 11 is 4.90. The van der Waals surface area contributed by atoms with Gasteiger partial charge >= 0.3 is 0 Å². The minimum atomic E-state index is -0.538. The maximum atomic E-state index is 13.4. The van der Waals surface area contributed by atoms with E-state index in [0.717, 1.165) is 18.2 Å². The van der Waals surface area contributed by atoms with Crippen molar-refractivity contribution >= 4 is 23.0 Å². The average molecular weight is 269 g/mol. The molecule has 2 N–H and O–H groups in total. The normalized spacial score (nSPS) is 10.9. The van der Waals surface area contributed by atoms with Crippen molar-refractivity contribution in [3.8, 4) is 0 Å². The van der Waals surface area contributed by atoms with E-state index in [9.17, 15) is 8.78 Å². The molecule has 0 fully saturated rings. The van der Waals surface area contributed by atoms with Crippen molar-refractivity contribution in [2.75, 3.05) is 6.54 Å². The molecule has 0 radical (unpaired) electrons. The predicted octanol–water partition coefficient (Wildman–Crippen LogP) is 2.34. The van der Waals surface area contributed by atoms with E-state index in [1.807, 2.05) is 0 Å². The molecule has 0 amide bonds. The smallest absolute Gasteiger partial charge is 0.187 e. The van der Waals surface area contributed by atoms with Crippen molar-refractivity contribution in [2.45, 2.75) is 6.92 Å². The maximum absolute atomic E-state index is 13.4. The van der Waals surface area contributed by atoms with Crippen LogP contribution in [0.4, 0.5) is 8.78 Å². The Hall–Kier alpha value is -1.82. The van der Waals surface area contributed by atoms with E-state index in [2.05, 4.69) is 22.4 Å². The Balaban J connectivity index is 2.74. The Morgan fingerprint density at radius 2 is 2.22 bits per heavy atom. The van der Waals surface area contributed by atoms with Crippen LogP contribution in [0.25, 0.3) is 0 Å². The molecule has 0 atom stereocenters. The lowest BCUT2D eigenvalue weighted by atomic mass is 10.1. The number of halogens is 2. The molecule has 18 heavy (non-hydrogen) atoms. The molecule has 0 bridgehead atoms. The number of hydrogen-bond donors (Lipinski definition) is 2. The lowest BCUT2D eigenvalue weighted by molar-refractivity contribution is 0.598. The summed E-state index contributed by atoms with van der Waals surface area (Å²) in [5.74, 6) is -1.06. The highest BCUT2D eigenvalue weighted by molar-refractivity contribution is 7.80. The molecule has 1 rings (SSSR count). The number of nitrogens with one attached hydrogen (secondary N) is 2. The molecule has 0 saturated carbocycles. The third-order valence-electron chi connectivity index (χ3n) is 2.05. The summed E-state index contributed by atoms with van der Waals surface area (Å²) in [6, 6.07) is 3.18. The van der Waals surface area contributed by atoms with Crippen LogP contribution in [0.5, 0.6) is 0 Å². The number of hydrazone groups is 1. The summed E-state index contributed by atoms with van der Waals surface area (Å²) < 4.78 is 26.4. The Bertz CT molecular complexity index is 486. The second-order valence-corrected chi connectivity index (χ2v) is 3.84. The zero-order chi connectivity index (χ0) is 13.5. The lowest BCUT2D eigenvalue weighted by Gasteiger charge is -2.06. The summed E-state index contributed by atoms with van der Waals surface area (Å²) in [6.45, 7) is 5.57. The van der Waals surface area contributed by atoms with Gasteiger partial charge in [0.2, 0.25) is 0 Å². The van der Waals surface area contributed by atoms with Gasteiger partial charge in [-0.05, 0) is 37.3 Å². The Morgan fingerprint density at radius 1 is 1.50 bits per heavy atom. The fourth-order valence-corrected chi connectivity index (χ4v) is 1.30. The molecule has 0 unspecified atom stereocenters. The lowest BCUT2D eigenvalue weighted by Crippen LogP contribution is -2.32. The second kappa shape index (κ2) is 6.80. The summed E-state index contributed by atoms with van der Waals surface area (Å²) in [4.78, 5) is 0. The van der Waals surface area contributed by atoms with E-state index in [1.165, 1.54) is 0 Å². The first-order valence-corrected chi connectivity index (χ1v) is 5.60. The maximum Gasteiger partial charge on any atom is 0.187 e. The van der Waals surface area contributed by atoms with Crippen molar-refractivity contribution < 1.29 is 8.78 Å². The van der Waals surface area contributed by atoms with Gasteiger partial charge < -0.3 is 5.32 Å². The minimum Gasteiger partial charge on any atom is -0.358 e. The van der Waals surface area contributed by atoms with Gasteiger partial charge in [0.1, 0.15) is 11.6 Å². The molecular formula is C12H13F2N3S. The first-order valence-electron chi connectivity index (χ1n) is 5.19. The van der Waals surface area contributed by atoms with Gasteiger partial charge in [0.15, 0.2) is 5.11 Å². The van der Waals surface area contributed by atoms with Gasteiger partial charge in [-0.1, -0.05) is 6.08 Å². The van der Waals surface area contributed by atoms with E-state index in [0.29, 0.717) is 12.3 Å². The van der Waals surface area contributed by atoms with Crippen LogP contribution < -0.4 is 10.7 Å². The van der Waals surface area contributed by atoms with Crippen LogP contribution >= 0.6 is 12.2 Å². The number of hydrogen-bond acceptors (Lipinski definition) is 2. The molecule has 0 heterocycles. The van der Waals surface area contributed by atoms with Crippen LogP contribution in [0.1, 0.15) is 12.5 Å². The summed E-state index contributed by atoms with van der Waals surface area (Å²) in [5, 5.41) is 6.95. The monoisotopic (exact) mass is 269 g/mol. The molecule has 0 saturated heterocycles. The molecule has 0 aliphatic rings. The van der Waals surface area contributed by atoms with Crippen molar-refractivity contribution in [2.24, 2.45) is 5.10 Å². The van der Waals surface area contributed by atoms with Crippen LogP contribution in [0.3, 0.4) is 0 Å². The highest BCUT2D eigenvalue weighted by Crippen LogP contribution is 2.10. The van der Waals surface area contributed by atoms with Crippen LogP contribution in [0.2, 0.25) is 0 Å². The van der Waals surface area contributed by atoms with E-state index >= 15 is 0 Å². The molecule has 6 heteroatoms. The third kappa shape index (κ3) is 4.21. The van der Waals surface area contributed by atoms with E-state index < -0.39 is 11.6 Å². The topological polar surface area (TPSA) is 36.4 Å². The number of rotatable bonds is 4. The van der Waals surface area contributed by atoms with Crippen molar-refractivity contribution in [1.29, 1.82) is 0 Å². The molecule has 0 aliphatic heterocycles. The van der Waals surface area contributed by atoms with Crippen molar-refractivity contribution in [3.05, 3.63) is 48.1 Å². The fraction of sp³-hybridized carbons (Fsp3) is 0.167. The van der Waals surface area contributed by atoms with Gasteiger partial charge in [0.25, 0.3) is 0 Å². The standard InChI is InChI=1S/C12H13F2N3S/c1-3-6-15-12(18)17-16-8(2)10-7-9(13)4-5-11(10)14/h3-5,7H,1,6H2,2H3,(H2,15,17,18)/b16-8-. The molecule has 1 aromatic rings. The van der Waals surface area contributed by atoms with Gasteiger partial charge in [-0.15, -0.1) is 6.58 Å². The number of thiocarbonyl (C=S) groups is 1. The largest absolute Gasteiger partial charge is 0.358 e. The van der Waals surface area contributed by atoms with Crippen LogP contribution in [0.15, 0.2) is 36.0 Å². The molecule has 0 spiro atoms. The van der Waals surface area contributed by atoms with E-state index in [1.54, 1.807) is 13.0 Å². The molecule has 0 aromatic heterocycles. The molecule has 3 nitrogen and oxygen atoms in total. The molecular weight excluding hydrogens is 256 g/mol. The fourth-order valence-electron chi connectivity index (χ4n) is 1.17. The second-order valence-electron chi connectivity index (χ2n) is 3.43. The zero-order valence-electron chi connectivity index (χ0n) is 9.84. The van der Waals surface area contributed by atoms with Gasteiger partial charge in [0, 0.05) is 12.1 Å². The summed E-state index contributed by atoms with van der Waals surface area (Å²) in [7, 11) is 0. The van der Waals surface area contributed by atoms with E-state index in [-0.39, 0.29) is 10.7 Å².